The largest absolute Gasteiger partial charge is 0.387 e. The van der Waals surface area contributed by atoms with Crippen molar-refractivity contribution in [1.82, 2.24) is 0 Å². The number of rotatable bonds is 4. The fourth-order valence-electron chi connectivity index (χ4n) is 1.93. The van der Waals surface area contributed by atoms with Crippen LogP contribution in [-0.2, 0) is 9.84 Å². The number of hydrogen-bond donors (Lipinski definition) is 1. The number of hydrogen-bond acceptors (Lipinski definition) is 3. The third-order valence-electron chi connectivity index (χ3n) is 3.22. The van der Waals surface area contributed by atoms with Crippen LogP contribution in [0.2, 0.25) is 0 Å². The van der Waals surface area contributed by atoms with Crippen LogP contribution in [0, 0.1) is 0 Å². The summed E-state index contributed by atoms with van der Waals surface area (Å²) < 4.78 is 25.8. The van der Waals surface area contributed by atoms with Crippen molar-refractivity contribution in [2.45, 2.75) is 23.2 Å². The van der Waals surface area contributed by atoms with E-state index in [1.807, 2.05) is 0 Å². The average molecular weight is 355 g/mol. The van der Waals surface area contributed by atoms with Crippen molar-refractivity contribution in [3.63, 3.8) is 0 Å². The zero-order chi connectivity index (χ0) is 14.8. The lowest BCUT2D eigenvalue weighted by atomic mass is 10.1. The van der Waals surface area contributed by atoms with Crippen molar-refractivity contribution in [3.8, 4) is 0 Å². The van der Waals surface area contributed by atoms with Gasteiger partial charge in [-0.05, 0) is 36.8 Å². The topological polar surface area (TPSA) is 54.4 Å². The van der Waals surface area contributed by atoms with E-state index in [9.17, 15) is 13.5 Å². The lowest BCUT2D eigenvalue weighted by Gasteiger charge is -2.19. The van der Waals surface area contributed by atoms with Crippen molar-refractivity contribution in [2.24, 2.45) is 0 Å². The van der Waals surface area contributed by atoms with Crippen LogP contribution in [0.25, 0.3) is 0 Å². The first-order valence-electron chi connectivity index (χ1n) is 6.15. The third-order valence-corrected chi connectivity index (χ3v) is 5.91. The fourth-order valence-corrected chi connectivity index (χ4v) is 3.65. The van der Waals surface area contributed by atoms with Crippen LogP contribution >= 0.6 is 15.9 Å². The summed E-state index contributed by atoms with van der Waals surface area (Å²) in [5.74, 6) is 0. The molecular weight excluding hydrogens is 340 g/mol. The quantitative estimate of drug-likeness (QED) is 0.915. The van der Waals surface area contributed by atoms with Crippen LogP contribution in [0.5, 0.6) is 0 Å². The van der Waals surface area contributed by atoms with Gasteiger partial charge in [-0.3, -0.25) is 0 Å². The van der Waals surface area contributed by atoms with Crippen molar-refractivity contribution in [2.75, 3.05) is 0 Å². The molecule has 2 aromatic carbocycles. The number of aliphatic hydroxyl groups is 1. The molecule has 0 unspecified atom stereocenters. The van der Waals surface area contributed by atoms with Crippen LogP contribution in [0.4, 0.5) is 0 Å². The summed E-state index contributed by atoms with van der Waals surface area (Å²) in [5.41, 5.74) is 0.584. The van der Waals surface area contributed by atoms with Crippen LogP contribution in [0.3, 0.4) is 0 Å². The molecule has 0 amide bonds. The Hall–Kier alpha value is -1.17. The Kier molecular flexibility index (Phi) is 4.62. The molecule has 0 aliphatic carbocycles. The Morgan fingerprint density at radius 2 is 1.55 bits per heavy atom. The Morgan fingerprint density at radius 3 is 2.10 bits per heavy atom. The molecule has 0 spiro atoms. The monoisotopic (exact) mass is 354 g/mol. The second-order valence-electron chi connectivity index (χ2n) is 4.56. The maximum absolute atomic E-state index is 12.4. The zero-order valence-corrected chi connectivity index (χ0v) is 13.3. The number of sulfone groups is 1. The fraction of sp³-hybridized carbons (Fsp3) is 0.200. The van der Waals surface area contributed by atoms with Gasteiger partial charge >= 0.3 is 0 Å². The molecule has 0 fully saturated rings. The maximum atomic E-state index is 12.4. The number of benzene rings is 2. The summed E-state index contributed by atoms with van der Waals surface area (Å²) in [4.78, 5) is 0.226. The molecule has 0 heterocycles. The first kappa shape index (κ1) is 15.2. The standard InChI is InChI=1S/C15H15BrO3S/c1-11(15(17)12-7-9-13(16)10-8-12)20(18,19)14-5-3-2-4-6-14/h2-11,15,17H,1H3/t11-,15-/m0/s1. The molecule has 106 valence electrons. The molecule has 20 heavy (non-hydrogen) atoms. The molecule has 2 aromatic rings. The molecule has 2 rings (SSSR count). The van der Waals surface area contributed by atoms with Crippen LogP contribution in [-0.4, -0.2) is 18.8 Å². The van der Waals surface area contributed by atoms with E-state index in [0.717, 1.165) is 4.47 Å². The second-order valence-corrected chi connectivity index (χ2v) is 7.78. The van der Waals surface area contributed by atoms with Crippen LogP contribution in [0.15, 0.2) is 64.0 Å². The van der Waals surface area contributed by atoms with Gasteiger partial charge in [0.05, 0.1) is 16.2 Å². The van der Waals surface area contributed by atoms with Crippen molar-refractivity contribution in [1.29, 1.82) is 0 Å². The first-order chi connectivity index (χ1) is 9.43. The Balaban J connectivity index is 2.31. The lowest BCUT2D eigenvalue weighted by Crippen LogP contribution is -2.25. The molecule has 3 nitrogen and oxygen atoms in total. The molecule has 0 saturated heterocycles. The molecule has 0 aliphatic rings. The molecular formula is C15H15BrO3S. The Morgan fingerprint density at radius 1 is 1.00 bits per heavy atom. The van der Waals surface area contributed by atoms with Gasteiger partial charge in [0.1, 0.15) is 0 Å². The van der Waals surface area contributed by atoms with E-state index in [-0.39, 0.29) is 4.90 Å². The molecule has 1 N–H and O–H groups in total. The highest BCUT2D eigenvalue weighted by molar-refractivity contribution is 9.10. The summed E-state index contributed by atoms with van der Waals surface area (Å²) in [6.45, 7) is 1.52. The molecule has 0 aromatic heterocycles. The van der Waals surface area contributed by atoms with Gasteiger partial charge in [-0.2, -0.15) is 0 Å². The first-order valence-corrected chi connectivity index (χ1v) is 8.49. The van der Waals surface area contributed by atoms with Gasteiger partial charge in [-0.15, -0.1) is 0 Å². The van der Waals surface area contributed by atoms with Gasteiger partial charge in [0.25, 0.3) is 0 Å². The van der Waals surface area contributed by atoms with Crippen molar-refractivity contribution >= 4 is 25.8 Å². The summed E-state index contributed by atoms with van der Waals surface area (Å²) >= 11 is 3.31. The van der Waals surface area contributed by atoms with Crippen molar-refractivity contribution in [3.05, 3.63) is 64.6 Å². The third kappa shape index (κ3) is 3.11. The number of aliphatic hydroxyl groups excluding tert-OH is 1. The summed E-state index contributed by atoms with van der Waals surface area (Å²) in [6.07, 6.45) is -1.06. The van der Waals surface area contributed by atoms with Gasteiger partial charge in [0, 0.05) is 4.47 Å². The maximum Gasteiger partial charge on any atom is 0.183 e. The molecule has 0 saturated carbocycles. The van der Waals surface area contributed by atoms with E-state index in [2.05, 4.69) is 15.9 Å². The highest BCUT2D eigenvalue weighted by Crippen LogP contribution is 2.27. The van der Waals surface area contributed by atoms with E-state index in [0.29, 0.717) is 5.56 Å². The van der Waals surface area contributed by atoms with Gasteiger partial charge in [0.2, 0.25) is 0 Å². The molecule has 0 bridgehead atoms. The Bertz CT molecular complexity index is 666. The van der Waals surface area contributed by atoms with Gasteiger partial charge in [-0.25, -0.2) is 8.42 Å². The normalized spacial score (nSPS) is 14.8. The summed E-state index contributed by atoms with van der Waals surface area (Å²) in [5, 5.41) is 9.37. The highest BCUT2D eigenvalue weighted by Gasteiger charge is 2.30. The summed E-state index contributed by atoms with van der Waals surface area (Å²) in [6, 6.07) is 15.2. The van der Waals surface area contributed by atoms with Gasteiger partial charge < -0.3 is 5.11 Å². The smallest absolute Gasteiger partial charge is 0.183 e. The van der Waals surface area contributed by atoms with Gasteiger partial charge in [0.15, 0.2) is 9.84 Å². The van der Waals surface area contributed by atoms with E-state index in [1.54, 1.807) is 54.6 Å². The predicted octanol–water partition coefficient (Wildman–Crippen LogP) is 3.34. The lowest BCUT2D eigenvalue weighted by molar-refractivity contribution is 0.176. The van der Waals surface area contributed by atoms with E-state index in [1.165, 1.54) is 6.92 Å². The van der Waals surface area contributed by atoms with Crippen molar-refractivity contribution < 1.29 is 13.5 Å². The second kappa shape index (κ2) is 6.08. The molecule has 5 heteroatoms. The summed E-state index contributed by atoms with van der Waals surface area (Å²) in [7, 11) is -3.56. The minimum Gasteiger partial charge on any atom is -0.387 e. The van der Waals surface area contributed by atoms with Gasteiger partial charge in [-0.1, -0.05) is 46.3 Å². The van der Waals surface area contributed by atoms with E-state index in [4.69, 9.17) is 0 Å². The average Bonchev–Trinajstić information content (AvgIpc) is 2.47. The zero-order valence-electron chi connectivity index (χ0n) is 10.9. The molecule has 0 radical (unpaired) electrons. The van der Waals surface area contributed by atoms with Crippen LogP contribution in [0.1, 0.15) is 18.6 Å². The predicted molar refractivity (Wildman–Crippen MR) is 82.2 cm³/mol. The minimum absolute atomic E-state index is 0.226. The highest BCUT2D eigenvalue weighted by atomic mass is 79.9. The van der Waals surface area contributed by atoms with Crippen LogP contribution < -0.4 is 0 Å². The van der Waals surface area contributed by atoms with E-state index >= 15 is 0 Å². The SMILES string of the molecule is C[C@@H]([C@H](O)c1ccc(Br)cc1)S(=O)(=O)c1ccccc1. The minimum atomic E-state index is -3.56. The number of halogens is 1. The van der Waals surface area contributed by atoms with E-state index < -0.39 is 21.2 Å². The Labute approximate surface area is 127 Å². The molecule has 2 atom stereocenters. The molecule has 0 aliphatic heterocycles.